The third-order valence-corrected chi connectivity index (χ3v) is 4.08. The molecule has 0 saturated heterocycles. The molecule has 0 aliphatic rings. The molecule has 1 N–H and O–H groups in total. The highest BCUT2D eigenvalue weighted by Crippen LogP contribution is 2.15. The standard InChI is InChI=1S/C19H22Cl2N2O/c20-11-14-23(15-12-21)18-8-6-17(7-9-18)19(24)22-13-10-16-4-2-1-3-5-16/h1-9H,10-15H2,(H,22,24). The summed E-state index contributed by atoms with van der Waals surface area (Å²) in [5, 5.41) is 2.95. The van der Waals surface area contributed by atoms with Gasteiger partial charge in [0.2, 0.25) is 0 Å². The SMILES string of the molecule is O=C(NCCc1ccccc1)c1ccc(N(CCCl)CCCl)cc1. The van der Waals surface area contributed by atoms with Crippen molar-refractivity contribution < 1.29 is 4.79 Å². The average Bonchev–Trinajstić information content (AvgIpc) is 2.62. The Morgan fingerprint density at radius 3 is 2.12 bits per heavy atom. The van der Waals surface area contributed by atoms with Crippen molar-refractivity contribution in [3.8, 4) is 0 Å². The molecule has 0 bridgehead atoms. The van der Waals surface area contributed by atoms with E-state index >= 15 is 0 Å². The number of nitrogens with zero attached hydrogens (tertiary/aromatic N) is 1. The molecule has 0 saturated carbocycles. The molecular formula is C19H22Cl2N2O. The summed E-state index contributed by atoms with van der Waals surface area (Å²) >= 11 is 11.6. The number of hydrogen-bond acceptors (Lipinski definition) is 2. The third-order valence-electron chi connectivity index (χ3n) is 3.75. The van der Waals surface area contributed by atoms with Crippen LogP contribution in [0.1, 0.15) is 15.9 Å². The number of amides is 1. The van der Waals surface area contributed by atoms with Crippen molar-refractivity contribution in [2.24, 2.45) is 0 Å². The van der Waals surface area contributed by atoms with Crippen LogP contribution in [-0.2, 0) is 6.42 Å². The first kappa shape index (κ1) is 18.6. The van der Waals surface area contributed by atoms with Gasteiger partial charge in [0, 0.05) is 42.6 Å². The van der Waals surface area contributed by atoms with Crippen molar-refractivity contribution in [1.82, 2.24) is 5.32 Å². The lowest BCUT2D eigenvalue weighted by atomic mass is 10.1. The van der Waals surface area contributed by atoms with Crippen LogP contribution >= 0.6 is 23.2 Å². The molecule has 0 aliphatic carbocycles. The highest BCUT2D eigenvalue weighted by Gasteiger charge is 2.08. The number of hydrogen-bond donors (Lipinski definition) is 1. The van der Waals surface area contributed by atoms with E-state index in [9.17, 15) is 4.79 Å². The van der Waals surface area contributed by atoms with Crippen LogP contribution < -0.4 is 10.2 Å². The minimum atomic E-state index is -0.0567. The van der Waals surface area contributed by atoms with Gasteiger partial charge in [0.15, 0.2) is 0 Å². The molecule has 0 fully saturated rings. The maximum absolute atomic E-state index is 12.2. The minimum Gasteiger partial charge on any atom is -0.369 e. The fraction of sp³-hybridized carbons (Fsp3) is 0.316. The van der Waals surface area contributed by atoms with Crippen LogP contribution in [0.3, 0.4) is 0 Å². The summed E-state index contributed by atoms with van der Waals surface area (Å²) in [6, 6.07) is 17.7. The monoisotopic (exact) mass is 364 g/mol. The van der Waals surface area contributed by atoms with Crippen LogP contribution in [0.2, 0.25) is 0 Å². The summed E-state index contributed by atoms with van der Waals surface area (Å²) in [7, 11) is 0. The Bertz CT molecular complexity index is 611. The Kier molecular flexibility index (Phi) is 7.93. The van der Waals surface area contributed by atoms with Crippen LogP contribution in [0.25, 0.3) is 0 Å². The molecule has 1 amide bonds. The molecule has 3 nitrogen and oxygen atoms in total. The lowest BCUT2D eigenvalue weighted by Crippen LogP contribution is -2.28. The van der Waals surface area contributed by atoms with Crippen molar-refractivity contribution in [2.45, 2.75) is 6.42 Å². The fourth-order valence-corrected chi connectivity index (χ4v) is 2.87. The summed E-state index contributed by atoms with van der Waals surface area (Å²) in [6.45, 7) is 2.09. The zero-order chi connectivity index (χ0) is 17.2. The second-order valence-electron chi connectivity index (χ2n) is 5.40. The van der Waals surface area contributed by atoms with E-state index in [1.54, 1.807) is 0 Å². The van der Waals surface area contributed by atoms with Crippen molar-refractivity contribution in [2.75, 3.05) is 36.3 Å². The van der Waals surface area contributed by atoms with Gasteiger partial charge in [-0.1, -0.05) is 30.3 Å². The molecule has 2 aromatic carbocycles. The second-order valence-corrected chi connectivity index (χ2v) is 6.16. The van der Waals surface area contributed by atoms with E-state index in [1.165, 1.54) is 5.56 Å². The molecule has 0 unspecified atom stereocenters. The molecule has 0 spiro atoms. The fourth-order valence-electron chi connectivity index (χ4n) is 2.46. The molecule has 2 aromatic rings. The molecule has 0 aliphatic heterocycles. The summed E-state index contributed by atoms with van der Waals surface area (Å²) < 4.78 is 0. The lowest BCUT2D eigenvalue weighted by Gasteiger charge is -2.22. The van der Waals surface area contributed by atoms with E-state index in [0.717, 1.165) is 25.2 Å². The van der Waals surface area contributed by atoms with E-state index in [0.29, 0.717) is 23.9 Å². The van der Waals surface area contributed by atoms with Gasteiger partial charge in [-0.15, -0.1) is 23.2 Å². The van der Waals surface area contributed by atoms with Crippen molar-refractivity contribution >= 4 is 34.8 Å². The quantitative estimate of drug-likeness (QED) is 0.683. The molecule has 0 heterocycles. The topological polar surface area (TPSA) is 32.3 Å². The molecule has 2 rings (SSSR count). The van der Waals surface area contributed by atoms with Crippen LogP contribution in [0.15, 0.2) is 54.6 Å². The van der Waals surface area contributed by atoms with Crippen LogP contribution in [0.5, 0.6) is 0 Å². The molecule has 128 valence electrons. The van der Waals surface area contributed by atoms with Crippen LogP contribution in [0, 0.1) is 0 Å². The Balaban J connectivity index is 1.88. The van der Waals surface area contributed by atoms with E-state index < -0.39 is 0 Å². The normalized spacial score (nSPS) is 10.4. The molecular weight excluding hydrogens is 343 g/mol. The van der Waals surface area contributed by atoms with Gasteiger partial charge in [-0.25, -0.2) is 0 Å². The highest BCUT2D eigenvalue weighted by atomic mass is 35.5. The number of alkyl halides is 2. The second kappa shape index (κ2) is 10.2. The number of anilines is 1. The summed E-state index contributed by atoms with van der Waals surface area (Å²) in [6.07, 6.45) is 0.823. The smallest absolute Gasteiger partial charge is 0.251 e. The molecule has 5 heteroatoms. The van der Waals surface area contributed by atoms with E-state index in [-0.39, 0.29) is 5.91 Å². The molecule has 24 heavy (non-hydrogen) atoms. The molecule has 0 atom stereocenters. The predicted octanol–water partition coefficient (Wildman–Crippen LogP) is 3.94. The number of nitrogens with one attached hydrogen (secondary N) is 1. The highest BCUT2D eigenvalue weighted by molar-refractivity contribution is 6.18. The Labute approximate surface area is 153 Å². The Morgan fingerprint density at radius 1 is 0.917 bits per heavy atom. The van der Waals surface area contributed by atoms with Gasteiger partial charge in [0.05, 0.1) is 0 Å². The number of carbonyl (C=O) groups is 1. The van der Waals surface area contributed by atoms with Gasteiger partial charge < -0.3 is 10.2 Å². The summed E-state index contributed by atoms with van der Waals surface area (Å²) in [5.74, 6) is 1.02. The predicted molar refractivity (Wildman–Crippen MR) is 103 cm³/mol. The van der Waals surface area contributed by atoms with Gasteiger partial charge in [-0.2, -0.15) is 0 Å². The van der Waals surface area contributed by atoms with Gasteiger partial charge >= 0.3 is 0 Å². The molecule has 0 radical (unpaired) electrons. The van der Waals surface area contributed by atoms with Gasteiger partial charge in [0.1, 0.15) is 0 Å². The van der Waals surface area contributed by atoms with Gasteiger partial charge in [0.25, 0.3) is 5.91 Å². The summed E-state index contributed by atoms with van der Waals surface area (Å²) in [4.78, 5) is 14.3. The largest absolute Gasteiger partial charge is 0.369 e. The summed E-state index contributed by atoms with van der Waals surface area (Å²) in [5.41, 5.74) is 2.89. The Hall–Kier alpha value is -1.71. The van der Waals surface area contributed by atoms with Gasteiger partial charge in [-0.05, 0) is 36.2 Å². The van der Waals surface area contributed by atoms with E-state index in [1.807, 2.05) is 42.5 Å². The molecule has 0 aromatic heterocycles. The number of carbonyl (C=O) groups excluding carboxylic acids is 1. The van der Waals surface area contributed by atoms with Crippen molar-refractivity contribution in [3.05, 3.63) is 65.7 Å². The van der Waals surface area contributed by atoms with Gasteiger partial charge in [-0.3, -0.25) is 4.79 Å². The maximum Gasteiger partial charge on any atom is 0.251 e. The number of halogens is 2. The maximum atomic E-state index is 12.2. The first-order valence-electron chi connectivity index (χ1n) is 8.03. The van der Waals surface area contributed by atoms with E-state index in [4.69, 9.17) is 23.2 Å². The first-order valence-corrected chi connectivity index (χ1v) is 9.10. The minimum absolute atomic E-state index is 0.0567. The number of rotatable bonds is 9. The third kappa shape index (κ3) is 5.73. The zero-order valence-corrected chi connectivity index (χ0v) is 15.1. The number of benzene rings is 2. The van der Waals surface area contributed by atoms with Crippen LogP contribution in [0.4, 0.5) is 5.69 Å². The lowest BCUT2D eigenvalue weighted by molar-refractivity contribution is 0.0954. The van der Waals surface area contributed by atoms with Crippen LogP contribution in [-0.4, -0.2) is 37.3 Å². The van der Waals surface area contributed by atoms with Crippen molar-refractivity contribution in [1.29, 1.82) is 0 Å². The Morgan fingerprint density at radius 2 is 1.54 bits per heavy atom. The van der Waals surface area contributed by atoms with Crippen molar-refractivity contribution in [3.63, 3.8) is 0 Å². The average molecular weight is 365 g/mol. The zero-order valence-electron chi connectivity index (χ0n) is 13.6. The van der Waals surface area contributed by atoms with E-state index in [2.05, 4.69) is 22.3 Å². The first-order chi connectivity index (χ1) is 11.7.